The zero-order valence-electron chi connectivity index (χ0n) is 12.7. The SMILES string of the molecule is COc1ccc(C(C)NCc2ccccc2N)c(OC)c1. The van der Waals surface area contributed by atoms with Crippen LogP contribution in [0.4, 0.5) is 5.69 Å². The van der Waals surface area contributed by atoms with Crippen molar-refractivity contribution in [2.24, 2.45) is 0 Å². The molecule has 0 aromatic heterocycles. The summed E-state index contributed by atoms with van der Waals surface area (Å²) in [5.41, 5.74) is 8.95. The van der Waals surface area contributed by atoms with Gasteiger partial charge in [-0.1, -0.05) is 24.3 Å². The summed E-state index contributed by atoms with van der Waals surface area (Å²) in [6.45, 7) is 2.81. The van der Waals surface area contributed by atoms with E-state index in [2.05, 4.69) is 12.2 Å². The molecule has 0 aliphatic rings. The quantitative estimate of drug-likeness (QED) is 0.801. The number of ether oxygens (including phenoxy) is 2. The largest absolute Gasteiger partial charge is 0.497 e. The maximum atomic E-state index is 5.96. The number of nitrogen functional groups attached to an aromatic ring is 1. The van der Waals surface area contributed by atoms with Crippen molar-refractivity contribution in [2.45, 2.75) is 19.5 Å². The number of anilines is 1. The highest BCUT2D eigenvalue weighted by atomic mass is 16.5. The normalized spacial score (nSPS) is 12.0. The molecule has 4 heteroatoms. The van der Waals surface area contributed by atoms with Gasteiger partial charge in [0.15, 0.2) is 0 Å². The second-order valence-corrected chi connectivity index (χ2v) is 4.91. The van der Waals surface area contributed by atoms with Crippen LogP contribution in [0.25, 0.3) is 0 Å². The van der Waals surface area contributed by atoms with E-state index in [1.165, 1.54) is 0 Å². The highest BCUT2D eigenvalue weighted by molar-refractivity contribution is 5.46. The first-order chi connectivity index (χ1) is 10.2. The van der Waals surface area contributed by atoms with Crippen LogP contribution in [-0.2, 0) is 6.54 Å². The molecular weight excluding hydrogens is 264 g/mol. The molecule has 0 heterocycles. The van der Waals surface area contributed by atoms with E-state index in [1.54, 1.807) is 14.2 Å². The Morgan fingerprint density at radius 3 is 2.52 bits per heavy atom. The molecule has 0 amide bonds. The summed E-state index contributed by atoms with van der Waals surface area (Å²) in [7, 11) is 3.31. The standard InChI is InChI=1S/C17H22N2O2/c1-12(19-11-13-6-4-5-7-16(13)18)15-9-8-14(20-2)10-17(15)21-3/h4-10,12,19H,11,18H2,1-3H3. The van der Waals surface area contributed by atoms with Crippen molar-refractivity contribution < 1.29 is 9.47 Å². The molecule has 0 spiro atoms. The monoisotopic (exact) mass is 286 g/mol. The molecule has 2 rings (SSSR count). The van der Waals surface area contributed by atoms with Gasteiger partial charge in [-0.15, -0.1) is 0 Å². The Bertz CT molecular complexity index is 599. The molecule has 4 nitrogen and oxygen atoms in total. The number of hydrogen-bond acceptors (Lipinski definition) is 4. The van der Waals surface area contributed by atoms with Crippen LogP contribution in [0.15, 0.2) is 42.5 Å². The van der Waals surface area contributed by atoms with Crippen LogP contribution in [0.5, 0.6) is 11.5 Å². The molecule has 0 radical (unpaired) electrons. The van der Waals surface area contributed by atoms with Crippen LogP contribution >= 0.6 is 0 Å². The molecule has 2 aromatic rings. The van der Waals surface area contributed by atoms with E-state index in [1.807, 2.05) is 42.5 Å². The van der Waals surface area contributed by atoms with E-state index in [-0.39, 0.29) is 6.04 Å². The van der Waals surface area contributed by atoms with Gasteiger partial charge in [-0.3, -0.25) is 0 Å². The number of methoxy groups -OCH3 is 2. The van der Waals surface area contributed by atoms with Crippen molar-refractivity contribution >= 4 is 5.69 Å². The summed E-state index contributed by atoms with van der Waals surface area (Å²) in [6.07, 6.45) is 0. The molecule has 0 aliphatic carbocycles. The molecule has 112 valence electrons. The van der Waals surface area contributed by atoms with Gasteiger partial charge in [0.2, 0.25) is 0 Å². The summed E-state index contributed by atoms with van der Waals surface area (Å²) in [5, 5.41) is 3.47. The average molecular weight is 286 g/mol. The number of benzene rings is 2. The molecule has 2 aromatic carbocycles. The van der Waals surface area contributed by atoms with Gasteiger partial charge < -0.3 is 20.5 Å². The highest BCUT2D eigenvalue weighted by Crippen LogP contribution is 2.29. The lowest BCUT2D eigenvalue weighted by atomic mass is 10.1. The molecular formula is C17H22N2O2. The molecule has 0 aliphatic heterocycles. The minimum atomic E-state index is 0.144. The lowest BCUT2D eigenvalue weighted by molar-refractivity contribution is 0.386. The zero-order valence-corrected chi connectivity index (χ0v) is 12.7. The molecule has 0 saturated carbocycles. The Balaban J connectivity index is 2.10. The second kappa shape index (κ2) is 6.99. The molecule has 0 bridgehead atoms. The molecule has 0 saturated heterocycles. The molecule has 1 atom stereocenters. The van der Waals surface area contributed by atoms with Gasteiger partial charge in [-0.2, -0.15) is 0 Å². The van der Waals surface area contributed by atoms with Crippen LogP contribution in [0.1, 0.15) is 24.1 Å². The topological polar surface area (TPSA) is 56.5 Å². The van der Waals surface area contributed by atoms with Gasteiger partial charge in [0.1, 0.15) is 11.5 Å². The van der Waals surface area contributed by atoms with E-state index in [4.69, 9.17) is 15.2 Å². The van der Waals surface area contributed by atoms with Crippen LogP contribution in [-0.4, -0.2) is 14.2 Å². The van der Waals surface area contributed by atoms with Crippen molar-refractivity contribution in [3.63, 3.8) is 0 Å². The average Bonchev–Trinajstić information content (AvgIpc) is 2.53. The first kappa shape index (κ1) is 15.2. The maximum absolute atomic E-state index is 5.96. The maximum Gasteiger partial charge on any atom is 0.127 e. The van der Waals surface area contributed by atoms with E-state index >= 15 is 0 Å². The Labute approximate surface area is 125 Å². The third-order valence-corrected chi connectivity index (χ3v) is 3.56. The molecule has 0 fully saturated rings. The summed E-state index contributed by atoms with van der Waals surface area (Å²) in [6, 6.07) is 13.9. The minimum Gasteiger partial charge on any atom is -0.497 e. The van der Waals surface area contributed by atoms with Gasteiger partial charge in [-0.25, -0.2) is 0 Å². The van der Waals surface area contributed by atoms with E-state index in [0.29, 0.717) is 6.54 Å². The fraction of sp³-hybridized carbons (Fsp3) is 0.294. The molecule has 3 N–H and O–H groups in total. The lowest BCUT2D eigenvalue weighted by Crippen LogP contribution is -2.19. The van der Waals surface area contributed by atoms with E-state index < -0.39 is 0 Å². The number of nitrogens with one attached hydrogen (secondary N) is 1. The van der Waals surface area contributed by atoms with Crippen molar-refractivity contribution in [2.75, 3.05) is 20.0 Å². The first-order valence-corrected chi connectivity index (χ1v) is 6.94. The lowest BCUT2D eigenvalue weighted by Gasteiger charge is -2.18. The third kappa shape index (κ3) is 3.67. The zero-order chi connectivity index (χ0) is 15.2. The first-order valence-electron chi connectivity index (χ1n) is 6.94. The van der Waals surface area contributed by atoms with Gasteiger partial charge in [-0.05, 0) is 24.6 Å². The Hall–Kier alpha value is -2.20. The Kier molecular flexibility index (Phi) is 5.06. The predicted octanol–water partition coefficient (Wildman–Crippen LogP) is 3.14. The second-order valence-electron chi connectivity index (χ2n) is 4.91. The fourth-order valence-electron chi connectivity index (χ4n) is 2.24. The summed E-state index contributed by atoms with van der Waals surface area (Å²) >= 11 is 0. The fourth-order valence-corrected chi connectivity index (χ4v) is 2.24. The Morgan fingerprint density at radius 2 is 1.86 bits per heavy atom. The summed E-state index contributed by atoms with van der Waals surface area (Å²) in [5.74, 6) is 1.60. The van der Waals surface area contributed by atoms with Crippen LogP contribution in [0.2, 0.25) is 0 Å². The van der Waals surface area contributed by atoms with E-state index in [9.17, 15) is 0 Å². The van der Waals surface area contributed by atoms with E-state index in [0.717, 1.165) is 28.3 Å². The van der Waals surface area contributed by atoms with Crippen molar-refractivity contribution in [3.8, 4) is 11.5 Å². The number of hydrogen-bond donors (Lipinski definition) is 2. The van der Waals surface area contributed by atoms with Crippen molar-refractivity contribution in [3.05, 3.63) is 53.6 Å². The number of nitrogens with two attached hydrogens (primary N) is 1. The predicted molar refractivity (Wildman–Crippen MR) is 85.7 cm³/mol. The van der Waals surface area contributed by atoms with Gasteiger partial charge >= 0.3 is 0 Å². The van der Waals surface area contributed by atoms with Gasteiger partial charge in [0, 0.05) is 29.9 Å². The minimum absolute atomic E-state index is 0.144. The van der Waals surface area contributed by atoms with Crippen LogP contribution in [0.3, 0.4) is 0 Å². The number of rotatable bonds is 6. The highest BCUT2D eigenvalue weighted by Gasteiger charge is 2.12. The third-order valence-electron chi connectivity index (χ3n) is 3.56. The molecule has 1 unspecified atom stereocenters. The summed E-state index contributed by atoms with van der Waals surface area (Å²) in [4.78, 5) is 0. The molecule has 21 heavy (non-hydrogen) atoms. The van der Waals surface area contributed by atoms with Crippen molar-refractivity contribution in [1.82, 2.24) is 5.32 Å². The summed E-state index contributed by atoms with van der Waals surface area (Å²) < 4.78 is 10.7. The Morgan fingerprint density at radius 1 is 1.10 bits per heavy atom. The smallest absolute Gasteiger partial charge is 0.127 e. The van der Waals surface area contributed by atoms with Crippen LogP contribution in [0, 0.1) is 0 Å². The van der Waals surface area contributed by atoms with Gasteiger partial charge in [0.25, 0.3) is 0 Å². The number of para-hydroxylation sites is 1. The van der Waals surface area contributed by atoms with Crippen LogP contribution < -0.4 is 20.5 Å². The van der Waals surface area contributed by atoms with Gasteiger partial charge in [0.05, 0.1) is 14.2 Å². The van der Waals surface area contributed by atoms with Crippen molar-refractivity contribution in [1.29, 1.82) is 0 Å².